The summed E-state index contributed by atoms with van der Waals surface area (Å²) in [5.74, 6) is 1.13. The summed E-state index contributed by atoms with van der Waals surface area (Å²) < 4.78 is 5.44. The number of rotatable bonds is 6. The van der Waals surface area contributed by atoms with Gasteiger partial charge in [0.1, 0.15) is 11.6 Å². The number of amides is 1. The molecule has 1 aliphatic heterocycles. The van der Waals surface area contributed by atoms with Crippen LogP contribution in [0.5, 0.6) is 5.75 Å². The minimum Gasteiger partial charge on any atom is -0.410 e. The molecule has 31 heavy (non-hydrogen) atoms. The van der Waals surface area contributed by atoms with Crippen molar-refractivity contribution in [3.8, 4) is 5.75 Å². The normalized spacial score (nSPS) is 19.3. The molecule has 0 saturated carbocycles. The highest BCUT2D eigenvalue weighted by atomic mass is 32.1. The van der Waals surface area contributed by atoms with E-state index in [0.29, 0.717) is 24.2 Å². The van der Waals surface area contributed by atoms with E-state index in [2.05, 4.69) is 22.0 Å². The van der Waals surface area contributed by atoms with Gasteiger partial charge in [0.15, 0.2) is 0 Å². The lowest BCUT2D eigenvalue weighted by Crippen LogP contribution is -2.46. The van der Waals surface area contributed by atoms with E-state index in [-0.39, 0.29) is 6.09 Å². The number of piperidine rings is 1. The van der Waals surface area contributed by atoms with Gasteiger partial charge >= 0.3 is 6.09 Å². The zero-order valence-electron chi connectivity index (χ0n) is 17.7. The fourth-order valence-electron chi connectivity index (χ4n) is 3.99. The zero-order valence-corrected chi connectivity index (χ0v) is 18.6. The van der Waals surface area contributed by atoms with Gasteiger partial charge in [-0.15, -0.1) is 11.3 Å². The predicted molar refractivity (Wildman–Crippen MR) is 126 cm³/mol. The van der Waals surface area contributed by atoms with Crippen LogP contribution in [0.2, 0.25) is 0 Å². The van der Waals surface area contributed by atoms with Crippen LogP contribution in [-0.4, -0.2) is 54.5 Å². The van der Waals surface area contributed by atoms with Crippen LogP contribution in [0.25, 0.3) is 0 Å². The van der Waals surface area contributed by atoms with Gasteiger partial charge in [0.2, 0.25) is 0 Å². The van der Waals surface area contributed by atoms with Crippen LogP contribution >= 0.6 is 11.3 Å². The molecule has 7 heteroatoms. The van der Waals surface area contributed by atoms with Gasteiger partial charge in [-0.25, -0.2) is 9.79 Å². The van der Waals surface area contributed by atoms with Crippen LogP contribution in [0.15, 0.2) is 76.3 Å². The van der Waals surface area contributed by atoms with Gasteiger partial charge in [0.25, 0.3) is 0 Å². The van der Waals surface area contributed by atoms with Crippen LogP contribution in [-0.2, 0) is 0 Å². The third-order valence-electron chi connectivity index (χ3n) is 5.69. The van der Waals surface area contributed by atoms with Crippen molar-refractivity contribution in [2.45, 2.75) is 25.3 Å². The summed E-state index contributed by atoms with van der Waals surface area (Å²) in [6, 6.07) is 13.5. The molecule has 2 aliphatic rings. The number of amidine groups is 1. The highest BCUT2D eigenvalue weighted by Gasteiger charge is 2.29. The van der Waals surface area contributed by atoms with Crippen LogP contribution in [0.3, 0.4) is 0 Å². The van der Waals surface area contributed by atoms with Crippen LogP contribution in [0.1, 0.15) is 24.1 Å². The summed E-state index contributed by atoms with van der Waals surface area (Å²) in [5.41, 5.74) is 8.64. The maximum atomic E-state index is 12.4. The molecule has 162 valence electrons. The molecule has 1 aliphatic carbocycles. The molecule has 1 fully saturated rings. The molecule has 1 aromatic heterocycles. The van der Waals surface area contributed by atoms with Crippen molar-refractivity contribution in [3.05, 3.63) is 76.1 Å². The molecule has 1 unspecified atom stereocenters. The minimum absolute atomic E-state index is 0.312. The van der Waals surface area contributed by atoms with Gasteiger partial charge in [0, 0.05) is 38.3 Å². The summed E-state index contributed by atoms with van der Waals surface area (Å²) >= 11 is 1.60. The quantitative estimate of drug-likeness (QED) is 0.542. The van der Waals surface area contributed by atoms with Crippen molar-refractivity contribution in [2.24, 2.45) is 10.7 Å². The van der Waals surface area contributed by atoms with Gasteiger partial charge in [-0.2, -0.15) is 0 Å². The largest absolute Gasteiger partial charge is 0.415 e. The van der Waals surface area contributed by atoms with Crippen LogP contribution in [0, 0.1) is 0 Å². The van der Waals surface area contributed by atoms with Crippen molar-refractivity contribution in [1.29, 1.82) is 0 Å². The first-order valence-corrected chi connectivity index (χ1v) is 11.5. The number of ether oxygens (including phenoxy) is 1. The number of aliphatic imine (C=N–C) groups is 1. The molecule has 0 bridgehead atoms. The highest BCUT2D eigenvalue weighted by Crippen LogP contribution is 2.31. The Hall–Kier alpha value is -2.90. The summed E-state index contributed by atoms with van der Waals surface area (Å²) in [4.78, 5) is 22.2. The number of likely N-dealkylation sites (tertiary alicyclic amines) is 1. The standard InChI is InChI=1S/C24H28N4O2S/c1-27(24(29)30-20-8-3-2-4-9-20)14-15-28-13-5-7-18-11-12-19(17-21(18)28)26-23(25)22-10-6-16-31-22/h2-4,6,8-12,16,21H,5,7,13-15,17H2,1H3,(H2,25,26). The number of carbonyl (C=O) groups is 1. The Balaban J connectivity index is 1.35. The van der Waals surface area contributed by atoms with Crippen molar-refractivity contribution in [1.82, 2.24) is 9.80 Å². The Morgan fingerprint density at radius 1 is 1.26 bits per heavy atom. The van der Waals surface area contributed by atoms with E-state index in [1.807, 2.05) is 35.7 Å². The highest BCUT2D eigenvalue weighted by molar-refractivity contribution is 7.12. The van der Waals surface area contributed by atoms with Crippen LogP contribution in [0.4, 0.5) is 4.79 Å². The number of nitrogens with two attached hydrogens (primary N) is 1. The molecule has 2 heterocycles. The Morgan fingerprint density at radius 3 is 2.87 bits per heavy atom. The summed E-state index contributed by atoms with van der Waals surface area (Å²) in [5, 5.41) is 2.01. The summed E-state index contributed by atoms with van der Waals surface area (Å²) in [6.07, 6.45) is 7.05. The minimum atomic E-state index is -0.337. The molecule has 6 nitrogen and oxygen atoms in total. The van der Waals surface area contributed by atoms with Crippen LogP contribution < -0.4 is 10.5 Å². The van der Waals surface area contributed by atoms with Gasteiger partial charge in [-0.05, 0) is 49.0 Å². The maximum Gasteiger partial charge on any atom is 0.415 e. The number of hydrogen-bond acceptors (Lipinski definition) is 5. The number of nitrogens with zero attached hydrogens (tertiary/aromatic N) is 3. The number of thiophene rings is 1. The predicted octanol–water partition coefficient (Wildman–Crippen LogP) is 4.26. The van der Waals surface area contributed by atoms with E-state index < -0.39 is 0 Å². The molecule has 1 aromatic carbocycles. The van der Waals surface area contributed by atoms with E-state index in [0.717, 1.165) is 42.9 Å². The molecule has 0 radical (unpaired) electrons. The molecular weight excluding hydrogens is 408 g/mol. The monoisotopic (exact) mass is 436 g/mol. The van der Waals surface area contributed by atoms with Crippen molar-refractivity contribution >= 4 is 23.3 Å². The number of para-hydroxylation sites is 1. The smallest absolute Gasteiger partial charge is 0.410 e. The first-order chi connectivity index (χ1) is 15.1. The van der Waals surface area contributed by atoms with Gasteiger partial charge in [-0.1, -0.05) is 35.9 Å². The van der Waals surface area contributed by atoms with E-state index in [9.17, 15) is 4.79 Å². The lowest BCUT2D eigenvalue weighted by atomic mass is 9.88. The molecule has 1 saturated heterocycles. The number of hydrogen-bond donors (Lipinski definition) is 1. The fourth-order valence-corrected chi connectivity index (χ4v) is 4.62. The first kappa shape index (κ1) is 21.3. The second-order valence-corrected chi connectivity index (χ2v) is 8.78. The van der Waals surface area contributed by atoms with Gasteiger partial charge < -0.3 is 15.4 Å². The van der Waals surface area contributed by atoms with Crippen molar-refractivity contribution in [3.63, 3.8) is 0 Å². The van der Waals surface area contributed by atoms with E-state index in [4.69, 9.17) is 10.5 Å². The molecule has 2 aromatic rings. The lowest BCUT2D eigenvalue weighted by Gasteiger charge is -2.39. The SMILES string of the molecule is CN(CCN1CCCC2=CC=C(N=C(N)c3cccs3)CC21)C(=O)Oc1ccccc1. The first-order valence-electron chi connectivity index (χ1n) is 10.6. The third kappa shape index (κ3) is 5.42. The van der Waals surface area contributed by atoms with Crippen molar-refractivity contribution in [2.75, 3.05) is 26.7 Å². The van der Waals surface area contributed by atoms with E-state index in [1.54, 1.807) is 35.4 Å². The van der Waals surface area contributed by atoms with E-state index >= 15 is 0 Å². The number of likely N-dealkylation sites (N-methyl/N-ethyl adjacent to an activating group) is 1. The number of fused-ring (bicyclic) bond motifs is 1. The molecule has 1 atom stereocenters. The Bertz CT molecular complexity index is 982. The van der Waals surface area contributed by atoms with Crippen molar-refractivity contribution < 1.29 is 9.53 Å². The molecule has 2 N–H and O–H groups in total. The molecule has 4 rings (SSSR count). The molecule has 0 spiro atoms. The number of carbonyl (C=O) groups excluding carboxylic acids is 1. The second kappa shape index (κ2) is 9.94. The molecule has 1 amide bonds. The van der Waals surface area contributed by atoms with Gasteiger partial charge in [-0.3, -0.25) is 4.90 Å². The fraction of sp³-hybridized carbons (Fsp3) is 0.333. The third-order valence-corrected chi connectivity index (χ3v) is 6.58. The summed E-state index contributed by atoms with van der Waals surface area (Å²) in [6.45, 7) is 2.41. The number of benzene rings is 1. The van der Waals surface area contributed by atoms with Gasteiger partial charge in [0.05, 0.1) is 4.88 Å². The summed E-state index contributed by atoms with van der Waals surface area (Å²) in [7, 11) is 1.78. The maximum absolute atomic E-state index is 12.4. The topological polar surface area (TPSA) is 71.2 Å². The average molecular weight is 437 g/mol. The average Bonchev–Trinajstić information content (AvgIpc) is 3.33. The molecular formula is C24H28N4O2S. The van der Waals surface area contributed by atoms with E-state index in [1.165, 1.54) is 5.57 Å². The lowest BCUT2D eigenvalue weighted by molar-refractivity contribution is 0.140. The Kier molecular flexibility index (Phi) is 6.84. The number of allylic oxidation sites excluding steroid dienone is 2. The second-order valence-electron chi connectivity index (χ2n) is 7.84. The Morgan fingerprint density at radius 2 is 2.10 bits per heavy atom. The zero-order chi connectivity index (χ0) is 21.6. The Labute approximate surface area is 187 Å².